The number of anilines is 1. The van der Waals surface area contributed by atoms with E-state index in [0.29, 0.717) is 6.54 Å². The van der Waals surface area contributed by atoms with Crippen LogP contribution in [0.1, 0.15) is 31.2 Å². The summed E-state index contributed by atoms with van der Waals surface area (Å²) in [4.78, 5) is 0. The van der Waals surface area contributed by atoms with Crippen LogP contribution in [-0.2, 0) is 0 Å². The first-order chi connectivity index (χ1) is 7.59. The molecular formula is C13H18ClNO. The van der Waals surface area contributed by atoms with Crippen LogP contribution in [0.3, 0.4) is 0 Å². The van der Waals surface area contributed by atoms with Gasteiger partial charge in [0.2, 0.25) is 0 Å². The molecule has 0 aliphatic heterocycles. The van der Waals surface area contributed by atoms with Crippen LogP contribution in [0.2, 0.25) is 5.02 Å². The Kier molecular flexibility index (Phi) is 3.41. The number of aliphatic hydroxyl groups is 1. The van der Waals surface area contributed by atoms with Crippen molar-refractivity contribution in [2.24, 2.45) is 0 Å². The molecule has 0 saturated heterocycles. The van der Waals surface area contributed by atoms with Crippen molar-refractivity contribution in [2.45, 2.75) is 38.2 Å². The summed E-state index contributed by atoms with van der Waals surface area (Å²) < 4.78 is 0. The van der Waals surface area contributed by atoms with Crippen LogP contribution in [0.25, 0.3) is 0 Å². The van der Waals surface area contributed by atoms with E-state index >= 15 is 0 Å². The van der Waals surface area contributed by atoms with Gasteiger partial charge >= 0.3 is 0 Å². The zero-order valence-electron chi connectivity index (χ0n) is 9.59. The summed E-state index contributed by atoms with van der Waals surface area (Å²) in [6.07, 6.45) is 4.09. The highest BCUT2D eigenvalue weighted by atomic mass is 35.5. The minimum absolute atomic E-state index is 0.508. The second kappa shape index (κ2) is 4.64. The summed E-state index contributed by atoms with van der Waals surface area (Å²) in [5.41, 5.74) is 1.67. The van der Waals surface area contributed by atoms with Gasteiger partial charge < -0.3 is 10.4 Å². The molecule has 2 nitrogen and oxygen atoms in total. The summed E-state index contributed by atoms with van der Waals surface area (Å²) in [7, 11) is 0. The smallest absolute Gasteiger partial charge is 0.0819 e. The topological polar surface area (TPSA) is 32.3 Å². The van der Waals surface area contributed by atoms with Gasteiger partial charge in [-0.1, -0.05) is 24.4 Å². The van der Waals surface area contributed by atoms with Crippen molar-refractivity contribution in [3.63, 3.8) is 0 Å². The third kappa shape index (κ3) is 2.69. The maximum Gasteiger partial charge on any atom is 0.0819 e. The average molecular weight is 240 g/mol. The first kappa shape index (κ1) is 11.7. The first-order valence-corrected chi connectivity index (χ1v) is 6.19. The van der Waals surface area contributed by atoms with Crippen LogP contribution in [0.5, 0.6) is 0 Å². The molecule has 1 aliphatic carbocycles. The molecule has 0 unspecified atom stereocenters. The molecule has 0 bridgehead atoms. The molecule has 0 amide bonds. The molecule has 1 aliphatic rings. The lowest BCUT2D eigenvalue weighted by Gasteiger charge is -2.23. The third-order valence-electron chi connectivity index (χ3n) is 3.33. The van der Waals surface area contributed by atoms with Crippen LogP contribution in [0.15, 0.2) is 18.2 Å². The zero-order valence-corrected chi connectivity index (χ0v) is 10.3. The molecule has 0 radical (unpaired) electrons. The molecule has 2 rings (SSSR count). The van der Waals surface area contributed by atoms with E-state index in [2.05, 4.69) is 5.32 Å². The van der Waals surface area contributed by atoms with Gasteiger partial charge in [0.25, 0.3) is 0 Å². The second-order valence-electron chi connectivity index (χ2n) is 4.74. The van der Waals surface area contributed by atoms with Gasteiger partial charge in [-0.2, -0.15) is 0 Å². The minimum Gasteiger partial charge on any atom is -0.388 e. The molecular weight excluding hydrogens is 222 g/mol. The van der Waals surface area contributed by atoms with E-state index in [0.717, 1.165) is 42.0 Å². The number of hydrogen-bond donors (Lipinski definition) is 2. The van der Waals surface area contributed by atoms with Crippen molar-refractivity contribution < 1.29 is 5.11 Å². The van der Waals surface area contributed by atoms with Crippen molar-refractivity contribution in [3.8, 4) is 0 Å². The average Bonchev–Trinajstić information content (AvgIpc) is 2.64. The van der Waals surface area contributed by atoms with Crippen molar-refractivity contribution in [3.05, 3.63) is 28.8 Å². The van der Waals surface area contributed by atoms with Gasteiger partial charge in [0.05, 0.1) is 5.60 Å². The minimum atomic E-state index is -0.508. The fourth-order valence-electron chi connectivity index (χ4n) is 2.30. The lowest BCUT2D eigenvalue weighted by atomic mass is 10.0. The van der Waals surface area contributed by atoms with E-state index < -0.39 is 5.60 Å². The molecule has 0 spiro atoms. The van der Waals surface area contributed by atoms with Gasteiger partial charge in [0.15, 0.2) is 0 Å². The third-order valence-corrected chi connectivity index (χ3v) is 3.57. The van der Waals surface area contributed by atoms with Crippen molar-refractivity contribution in [1.82, 2.24) is 0 Å². The Morgan fingerprint density at radius 2 is 2.06 bits per heavy atom. The lowest BCUT2D eigenvalue weighted by molar-refractivity contribution is 0.0614. The molecule has 2 N–H and O–H groups in total. The number of hydrogen-bond acceptors (Lipinski definition) is 2. The van der Waals surface area contributed by atoms with Gasteiger partial charge in [-0.15, -0.1) is 0 Å². The number of rotatable bonds is 3. The summed E-state index contributed by atoms with van der Waals surface area (Å²) in [5, 5.41) is 14.3. The Morgan fingerprint density at radius 3 is 2.69 bits per heavy atom. The molecule has 16 heavy (non-hydrogen) atoms. The highest BCUT2D eigenvalue weighted by Crippen LogP contribution is 2.30. The SMILES string of the molecule is Cc1cc(Cl)ccc1NCC1(O)CCCC1. The van der Waals surface area contributed by atoms with Gasteiger partial charge in [-0.05, 0) is 43.5 Å². The quantitative estimate of drug-likeness (QED) is 0.848. The van der Waals surface area contributed by atoms with Crippen molar-refractivity contribution >= 4 is 17.3 Å². The van der Waals surface area contributed by atoms with E-state index in [1.54, 1.807) is 0 Å². The van der Waals surface area contributed by atoms with Crippen molar-refractivity contribution in [1.29, 1.82) is 0 Å². The van der Waals surface area contributed by atoms with Crippen LogP contribution >= 0.6 is 11.6 Å². The Morgan fingerprint density at radius 1 is 1.38 bits per heavy atom. The standard InChI is InChI=1S/C13H18ClNO/c1-10-8-11(14)4-5-12(10)15-9-13(16)6-2-3-7-13/h4-5,8,15-16H,2-3,6-7,9H2,1H3. The van der Waals surface area contributed by atoms with Gasteiger partial charge in [-0.3, -0.25) is 0 Å². The number of benzene rings is 1. The molecule has 1 aromatic rings. The summed E-state index contributed by atoms with van der Waals surface area (Å²) >= 11 is 5.89. The summed E-state index contributed by atoms with van der Waals surface area (Å²) in [6.45, 7) is 2.66. The molecule has 1 saturated carbocycles. The van der Waals surface area contributed by atoms with Gasteiger partial charge in [0, 0.05) is 17.3 Å². The van der Waals surface area contributed by atoms with E-state index in [1.807, 2.05) is 25.1 Å². The van der Waals surface area contributed by atoms with E-state index in [1.165, 1.54) is 0 Å². The zero-order chi connectivity index (χ0) is 11.6. The maximum absolute atomic E-state index is 10.2. The molecule has 1 fully saturated rings. The molecule has 1 aromatic carbocycles. The fourth-order valence-corrected chi connectivity index (χ4v) is 2.52. The van der Waals surface area contributed by atoms with Gasteiger partial charge in [0.1, 0.15) is 0 Å². The van der Waals surface area contributed by atoms with Crippen molar-refractivity contribution in [2.75, 3.05) is 11.9 Å². The summed E-state index contributed by atoms with van der Waals surface area (Å²) in [6, 6.07) is 5.77. The largest absolute Gasteiger partial charge is 0.388 e. The maximum atomic E-state index is 10.2. The number of halogens is 1. The van der Waals surface area contributed by atoms with Crippen LogP contribution in [-0.4, -0.2) is 17.3 Å². The number of nitrogens with one attached hydrogen (secondary N) is 1. The van der Waals surface area contributed by atoms with Crippen LogP contribution < -0.4 is 5.32 Å². The lowest BCUT2D eigenvalue weighted by Crippen LogP contribution is -2.33. The Hall–Kier alpha value is -0.730. The molecule has 0 atom stereocenters. The second-order valence-corrected chi connectivity index (χ2v) is 5.18. The van der Waals surface area contributed by atoms with E-state index in [4.69, 9.17) is 11.6 Å². The highest BCUT2D eigenvalue weighted by Gasteiger charge is 2.30. The Balaban J connectivity index is 1.99. The first-order valence-electron chi connectivity index (χ1n) is 5.81. The molecule has 88 valence electrons. The van der Waals surface area contributed by atoms with E-state index in [-0.39, 0.29) is 0 Å². The van der Waals surface area contributed by atoms with Crippen LogP contribution in [0.4, 0.5) is 5.69 Å². The molecule has 0 heterocycles. The monoisotopic (exact) mass is 239 g/mol. The summed E-state index contributed by atoms with van der Waals surface area (Å²) in [5.74, 6) is 0. The normalized spacial score (nSPS) is 18.7. The Bertz CT molecular complexity index is 372. The number of aryl methyl sites for hydroxylation is 1. The van der Waals surface area contributed by atoms with Gasteiger partial charge in [-0.25, -0.2) is 0 Å². The Labute approximate surface area is 102 Å². The fraction of sp³-hybridized carbons (Fsp3) is 0.538. The predicted octanol–water partition coefficient (Wildman–Crippen LogP) is 3.37. The molecule has 0 aromatic heterocycles. The van der Waals surface area contributed by atoms with E-state index in [9.17, 15) is 5.11 Å². The predicted molar refractivity (Wildman–Crippen MR) is 68.1 cm³/mol. The highest BCUT2D eigenvalue weighted by molar-refractivity contribution is 6.30. The molecule has 3 heteroatoms. The van der Waals surface area contributed by atoms with Crippen LogP contribution in [0, 0.1) is 6.92 Å².